The number of rotatable bonds is 22. The second-order valence-electron chi connectivity index (χ2n) is 22.4. The molecule has 0 unspecified atom stereocenters. The molecule has 0 aromatic heterocycles. The zero-order valence-corrected chi connectivity index (χ0v) is 54.4. The first-order chi connectivity index (χ1) is 43.0. The van der Waals surface area contributed by atoms with Crippen molar-refractivity contribution in [1.82, 2.24) is 0 Å². The van der Waals surface area contributed by atoms with Crippen molar-refractivity contribution >= 4 is 87.7 Å². The van der Waals surface area contributed by atoms with Gasteiger partial charge in [-0.25, -0.2) is 9.59 Å². The number of hydrogen-bond donors (Lipinski definition) is 0. The molecule has 456 valence electrons. The molecule has 0 atom stereocenters. The van der Waals surface area contributed by atoms with Crippen LogP contribution in [-0.4, -0.2) is 34.5 Å². The van der Waals surface area contributed by atoms with E-state index in [2.05, 4.69) is 0 Å². The first-order valence-corrected chi connectivity index (χ1v) is 34.4. The molecule has 0 radical (unpaired) electrons. The minimum absolute atomic E-state index is 0.189. The van der Waals surface area contributed by atoms with E-state index in [1.165, 1.54) is 0 Å². The van der Waals surface area contributed by atoms with E-state index in [9.17, 15) is 28.8 Å². The Morgan fingerprint density at radius 1 is 0.333 bits per heavy atom. The lowest BCUT2D eigenvalue weighted by atomic mass is 9.94. The Bertz CT molecular complexity index is 4320. The second-order valence-corrected chi connectivity index (χ2v) is 30.4. The molecule has 0 aliphatic heterocycles. The van der Waals surface area contributed by atoms with Crippen molar-refractivity contribution in [3.63, 3.8) is 0 Å². The molecule has 15 heteroatoms. The summed E-state index contributed by atoms with van der Waals surface area (Å²) in [5.41, 5.74) is 4.64. The molecule has 9 aromatic rings. The van der Waals surface area contributed by atoms with Gasteiger partial charge in [-0.1, -0.05) is 200 Å². The van der Waals surface area contributed by atoms with Crippen molar-refractivity contribution in [2.24, 2.45) is 0 Å². The van der Waals surface area contributed by atoms with Gasteiger partial charge in [0.1, 0.15) is 19.8 Å². The van der Waals surface area contributed by atoms with Gasteiger partial charge in [0.25, 0.3) is 0 Å². The highest BCUT2D eigenvalue weighted by molar-refractivity contribution is 7.94. The minimum Gasteiger partial charge on any atom is -0.461 e. The van der Waals surface area contributed by atoms with Gasteiger partial charge in [-0.3, -0.25) is 19.2 Å². The van der Waals surface area contributed by atoms with Gasteiger partial charge in [0, 0.05) is 54.6 Å². The molecule has 0 aliphatic rings. The Hall–Kier alpha value is -9.17. The third-order valence-electron chi connectivity index (χ3n) is 16.6. The van der Waals surface area contributed by atoms with Crippen LogP contribution < -0.4 is 31.8 Å². The van der Waals surface area contributed by atoms with Gasteiger partial charge < -0.3 is 27.9 Å². The Morgan fingerprint density at radius 2 is 0.578 bits per heavy atom. The largest absolute Gasteiger partial charge is 0.461 e. The van der Waals surface area contributed by atoms with E-state index in [0.29, 0.717) is 98.6 Å². The normalized spacial score (nSPS) is 11.8. The fraction of sp³-hybridized carbons (Fsp3) is 0.173. The van der Waals surface area contributed by atoms with Gasteiger partial charge in [-0.15, -0.1) is 0 Å². The van der Waals surface area contributed by atoms with E-state index in [-0.39, 0.29) is 23.3 Å². The quantitative estimate of drug-likeness (QED) is 0.0271. The summed E-state index contributed by atoms with van der Waals surface area (Å²) in [5, 5.41) is 2.12. The number of aryl methyl sites for hydroxylation is 6. The van der Waals surface area contributed by atoms with Crippen molar-refractivity contribution in [3.05, 3.63) is 295 Å². The molecule has 9 aromatic carbocycles. The molecule has 0 heterocycles. The van der Waals surface area contributed by atoms with Crippen LogP contribution in [0.2, 0.25) is 0 Å². The molecule has 90 heavy (non-hydrogen) atoms. The van der Waals surface area contributed by atoms with Crippen LogP contribution in [0.1, 0.15) is 104 Å². The Morgan fingerprint density at radius 3 is 0.844 bits per heavy atom. The lowest BCUT2D eigenvalue weighted by Crippen LogP contribution is -2.24. The molecule has 12 nitrogen and oxygen atoms in total. The smallest absolute Gasteiger partial charge is 0.335 e. The van der Waals surface area contributed by atoms with E-state index in [1.54, 1.807) is 263 Å². The molecule has 0 aliphatic carbocycles. The van der Waals surface area contributed by atoms with Gasteiger partial charge in [-0.2, -0.15) is 0 Å². The van der Waals surface area contributed by atoms with Crippen LogP contribution in [0.25, 0.3) is 0 Å². The minimum atomic E-state index is -3.99. The van der Waals surface area contributed by atoms with Crippen molar-refractivity contribution < 1.29 is 56.7 Å². The van der Waals surface area contributed by atoms with Crippen molar-refractivity contribution in [1.29, 1.82) is 0 Å². The Kier molecular flexibility index (Phi) is 20.1. The summed E-state index contributed by atoms with van der Waals surface area (Å²) >= 11 is 0. The lowest BCUT2D eigenvalue weighted by molar-refractivity contribution is -0.148. The van der Waals surface area contributed by atoms with Crippen LogP contribution >= 0.6 is 21.4 Å². The topological polar surface area (TPSA) is 181 Å². The number of benzene rings is 9. The molecule has 0 spiro atoms. The molecule has 0 N–H and O–H groups in total. The molecule has 0 bridgehead atoms. The monoisotopic (exact) mass is 1250 g/mol. The molecule has 0 saturated carbocycles. The van der Waals surface area contributed by atoms with Crippen LogP contribution in [0.15, 0.2) is 212 Å². The maximum absolute atomic E-state index is 15.4. The average Bonchev–Trinajstić information content (AvgIpc) is 0.775. The predicted molar refractivity (Wildman–Crippen MR) is 356 cm³/mol. The molecule has 0 saturated heterocycles. The summed E-state index contributed by atoms with van der Waals surface area (Å²) < 4.78 is 63.8. The summed E-state index contributed by atoms with van der Waals surface area (Å²) in [6.07, 6.45) is 0.0421. The summed E-state index contributed by atoms with van der Waals surface area (Å²) in [7, 11) is -11.9. The lowest BCUT2D eigenvalue weighted by Gasteiger charge is -2.23. The summed E-state index contributed by atoms with van der Waals surface area (Å²) in [6, 6.07) is 56.6. The molecular formula is C75H69O12P3. The van der Waals surface area contributed by atoms with Gasteiger partial charge in [0.2, 0.25) is 38.0 Å². The van der Waals surface area contributed by atoms with E-state index in [4.69, 9.17) is 14.2 Å². The number of esters is 3. The summed E-state index contributed by atoms with van der Waals surface area (Å²) in [4.78, 5) is 87.9. The van der Waals surface area contributed by atoms with Crippen molar-refractivity contribution in [2.45, 2.75) is 88.6 Å². The highest BCUT2D eigenvalue weighted by Gasteiger charge is 2.42. The van der Waals surface area contributed by atoms with E-state index in [0.717, 1.165) is 6.08 Å². The van der Waals surface area contributed by atoms with Crippen LogP contribution in [0.5, 0.6) is 0 Å². The standard InChI is InChI=1S/C75H69O12P3/c1-48-40-51(4)69(73(79)88(82,58-28-16-10-17-29-58)59-30-18-11-19-31-59)54(7)64(48)45-85-67(76)43-57(72(78)87-47-66-50(3)42-53(6)71(56(66)9)75(81)90(84,62-36-24-14-25-37-62)63-38-26-15-27-39-63)44-68(77)86-46-65-49(2)41-52(5)70(55(65)8)74(80)89(83,60-32-20-12-21-33-60)61-34-22-13-23-35-61/h10-43H,44-47H2,1-9H3/b57-43+. The Balaban J connectivity index is 1.03. The van der Waals surface area contributed by atoms with E-state index >= 15 is 13.7 Å². The zero-order chi connectivity index (χ0) is 64.7. The molecular weight excluding hydrogens is 1190 g/mol. The molecule has 0 fully saturated rings. The van der Waals surface area contributed by atoms with Gasteiger partial charge in [0.15, 0.2) is 0 Å². The van der Waals surface area contributed by atoms with Gasteiger partial charge in [0.05, 0.1) is 12.0 Å². The summed E-state index contributed by atoms with van der Waals surface area (Å²) in [6.45, 7) is 14.5. The van der Waals surface area contributed by atoms with E-state index in [1.807, 2.05) is 0 Å². The highest BCUT2D eigenvalue weighted by Crippen LogP contribution is 2.51. The first-order valence-electron chi connectivity index (χ1n) is 29.3. The van der Waals surface area contributed by atoms with Crippen LogP contribution in [0.3, 0.4) is 0 Å². The summed E-state index contributed by atoms with van der Waals surface area (Å²) in [5.74, 6) is -3.11. The van der Waals surface area contributed by atoms with Gasteiger partial charge >= 0.3 is 17.9 Å². The molecule has 0 amide bonds. The van der Waals surface area contributed by atoms with Crippen LogP contribution in [0.4, 0.5) is 0 Å². The SMILES string of the molecule is Cc1cc(C)c(C(=O)P(=O)(c2ccccc2)c2ccccc2)c(C)c1COC(=O)/C=C(\CC(=O)OCc1c(C)cc(C)c(C(=O)P(=O)(c2ccccc2)c2ccccc2)c1C)C(=O)OCc1c(C)cc(C)c(C(=O)P(=O)(c2ccccc2)c2ccccc2)c1C. The van der Waals surface area contributed by atoms with Gasteiger partial charge in [-0.05, 0) is 129 Å². The zero-order valence-electron chi connectivity index (χ0n) is 51.7. The highest BCUT2D eigenvalue weighted by atomic mass is 31.2. The van der Waals surface area contributed by atoms with Crippen molar-refractivity contribution in [2.75, 3.05) is 0 Å². The predicted octanol–water partition coefficient (Wildman–Crippen LogP) is 13.8. The maximum Gasteiger partial charge on any atom is 0.335 e. The van der Waals surface area contributed by atoms with Crippen LogP contribution in [0, 0.1) is 62.3 Å². The fourth-order valence-corrected chi connectivity index (χ4v) is 19.7. The van der Waals surface area contributed by atoms with Crippen LogP contribution in [-0.2, 0) is 62.1 Å². The fourth-order valence-electron chi connectivity index (χ4n) is 11.9. The number of ether oxygens (including phenoxy) is 3. The third-order valence-corrected chi connectivity index (χ3v) is 25.1. The van der Waals surface area contributed by atoms with Crippen molar-refractivity contribution in [3.8, 4) is 0 Å². The maximum atomic E-state index is 15.4. The third kappa shape index (κ3) is 13.0. The van der Waals surface area contributed by atoms with E-state index < -0.39 is 81.1 Å². The number of carbonyl (C=O) groups is 6. The molecule has 9 rings (SSSR count). The number of carbonyl (C=O) groups excluding carboxylic acids is 6. The second kappa shape index (κ2) is 27.7. The average molecular weight is 1260 g/mol. The number of hydrogen-bond acceptors (Lipinski definition) is 12. The Labute approximate surface area is 525 Å². The first kappa shape index (κ1) is 65.3.